The van der Waals surface area contributed by atoms with Crippen LogP contribution in [-0.4, -0.2) is 48.3 Å². The van der Waals surface area contributed by atoms with Gasteiger partial charge in [-0.15, -0.1) is 0 Å². The fourth-order valence-electron chi connectivity index (χ4n) is 2.52. The number of likely N-dealkylation sites (tertiary alicyclic amines) is 1. The molecular weight excluding hydrogens is 272 g/mol. The lowest BCUT2D eigenvalue weighted by molar-refractivity contribution is -0.136. The summed E-state index contributed by atoms with van der Waals surface area (Å²) in [6, 6.07) is 7.75. The van der Waals surface area contributed by atoms with Gasteiger partial charge in [-0.1, -0.05) is 24.3 Å². The maximum Gasteiger partial charge on any atom is 0.407 e. The molecule has 1 fully saturated rings. The lowest BCUT2D eigenvalue weighted by Gasteiger charge is -2.16. The van der Waals surface area contributed by atoms with Gasteiger partial charge in [0, 0.05) is 25.7 Å². The van der Waals surface area contributed by atoms with Crippen LogP contribution in [-0.2, 0) is 22.5 Å². The van der Waals surface area contributed by atoms with Crippen LogP contribution in [0.4, 0.5) is 4.79 Å². The van der Waals surface area contributed by atoms with Crippen LogP contribution in [0.5, 0.6) is 0 Å². The second-order valence-electron chi connectivity index (χ2n) is 5.24. The van der Waals surface area contributed by atoms with Crippen molar-refractivity contribution in [3.63, 3.8) is 0 Å². The SMILES string of the molecule is COC(=O)NC1CCN(Cc2ccc(CC(=O)O)cc2)C1. The van der Waals surface area contributed by atoms with E-state index in [1.54, 1.807) is 0 Å². The van der Waals surface area contributed by atoms with E-state index < -0.39 is 5.97 Å². The number of amides is 1. The van der Waals surface area contributed by atoms with Gasteiger partial charge in [-0.3, -0.25) is 9.69 Å². The number of ether oxygens (including phenoxy) is 1. The van der Waals surface area contributed by atoms with Gasteiger partial charge in [-0.2, -0.15) is 0 Å². The number of carboxylic acids is 1. The maximum atomic E-state index is 11.2. The van der Waals surface area contributed by atoms with E-state index >= 15 is 0 Å². The number of carboxylic acid groups (broad SMARTS) is 1. The normalized spacial score (nSPS) is 18.4. The Kier molecular flexibility index (Phi) is 5.16. The smallest absolute Gasteiger partial charge is 0.407 e. The van der Waals surface area contributed by atoms with Crippen molar-refractivity contribution in [3.8, 4) is 0 Å². The van der Waals surface area contributed by atoms with Crippen molar-refractivity contribution < 1.29 is 19.4 Å². The first-order valence-electron chi connectivity index (χ1n) is 6.93. The number of nitrogens with one attached hydrogen (secondary N) is 1. The van der Waals surface area contributed by atoms with Crippen molar-refractivity contribution in [1.82, 2.24) is 10.2 Å². The van der Waals surface area contributed by atoms with Crippen LogP contribution in [0.1, 0.15) is 17.5 Å². The van der Waals surface area contributed by atoms with Gasteiger partial charge in [0.2, 0.25) is 0 Å². The minimum Gasteiger partial charge on any atom is -0.481 e. The Labute approximate surface area is 123 Å². The molecule has 1 aromatic carbocycles. The zero-order valence-corrected chi connectivity index (χ0v) is 12.0. The average molecular weight is 292 g/mol. The maximum absolute atomic E-state index is 11.2. The van der Waals surface area contributed by atoms with Crippen LogP contribution in [0.2, 0.25) is 0 Å². The van der Waals surface area contributed by atoms with Crippen LogP contribution in [0, 0.1) is 0 Å². The second-order valence-corrected chi connectivity index (χ2v) is 5.24. The summed E-state index contributed by atoms with van der Waals surface area (Å²) >= 11 is 0. The minimum atomic E-state index is -0.820. The Morgan fingerprint density at radius 1 is 1.33 bits per heavy atom. The number of nitrogens with zero attached hydrogens (tertiary/aromatic N) is 1. The molecule has 2 rings (SSSR count). The molecule has 114 valence electrons. The van der Waals surface area contributed by atoms with Crippen LogP contribution >= 0.6 is 0 Å². The van der Waals surface area contributed by atoms with Crippen molar-refractivity contribution >= 4 is 12.1 Å². The quantitative estimate of drug-likeness (QED) is 0.853. The van der Waals surface area contributed by atoms with Crippen molar-refractivity contribution in [2.24, 2.45) is 0 Å². The van der Waals surface area contributed by atoms with E-state index in [1.165, 1.54) is 7.11 Å². The number of hydrogen-bond acceptors (Lipinski definition) is 4. The molecule has 1 aliphatic heterocycles. The number of rotatable bonds is 5. The van der Waals surface area contributed by atoms with Crippen LogP contribution in [0.25, 0.3) is 0 Å². The molecule has 1 amide bonds. The molecule has 21 heavy (non-hydrogen) atoms. The Hall–Kier alpha value is -2.08. The number of hydrogen-bond donors (Lipinski definition) is 2. The van der Waals surface area contributed by atoms with E-state index in [1.807, 2.05) is 24.3 Å². The van der Waals surface area contributed by atoms with Gasteiger partial charge in [0.25, 0.3) is 0 Å². The number of alkyl carbamates (subject to hydrolysis) is 1. The highest BCUT2D eigenvalue weighted by Crippen LogP contribution is 2.14. The van der Waals surface area contributed by atoms with Crippen LogP contribution < -0.4 is 5.32 Å². The highest BCUT2D eigenvalue weighted by molar-refractivity contribution is 5.70. The van der Waals surface area contributed by atoms with Gasteiger partial charge in [0.1, 0.15) is 0 Å². The van der Waals surface area contributed by atoms with E-state index in [0.717, 1.165) is 37.2 Å². The fraction of sp³-hybridized carbons (Fsp3) is 0.467. The van der Waals surface area contributed by atoms with Crippen molar-refractivity contribution in [1.29, 1.82) is 0 Å². The molecule has 6 heteroatoms. The molecule has 0 spiro atoms. The molecule has 0 aromatic heterocycles. The molecule has 0 saturated carbocycles. The first kappa shape index (κ1) is 15.3. The summed E-state index contributed by atoms with van der Waals surface area (Å²) in [5.74, 6) is -0.820. The summed E-state index contributed by atoms with van der Waals surface area (Å²) in [4.78, 5) is 24.0. The molecule has 1 saturated heterocycles. The molecule has 1 aliphatic rings. The summed E-state index contributed by atoms with van der Waals surface area (Å²) in [5.41, 5.74) is 1.95. The largest absolute Gasteiger partial charge is 0.481 e. The molecule has 1 heterocycles. The third-order valence-electron chi connectivity index (χ3n) is 3.56. The zero-order chi connectivity index (χ0) is 15.2. The molecule has 6 nitrogen and oxygen atoms in total. The van der Waals surface area contributed by atoms with E-state index in [-0.39, 0.29) is 18.6 Å². The van der Waals surface area contributed by atoms with E-state index in [9.17, 15) is 9.59 Å². The second kappa shape index (κ2) is 7.08. The number of benzene rings is 1. The van der Waals surface area contributed by atoms with Crippen molar-refractivity contribution in [2.75, 3.05) is 20.2 Å². The monoisotopic (exact) mass is 292 g/mol. The predicted octanol–water partition coefficient (Wildman–Crippen LogP) is 1.24. The summed E-state index contributed by atoms with van der Waals surface area (Å²) in [6.45, 7) is 2.52. The van der Waals surface area contributed by atoms with E-state index in [0.29, 0.717) is 0 Å². The number of carbonyl (C=O) groups excluding carboxylic acids is 1. The summed E-state index contributed by atoms with van der Waals surface area (Å²) in [7, 11) is 1.36. The van der Waals surface area contributed by atoms with Crippen molar-refractivity contribution in [3.05, 3.63) is 35.4 Å². The Balaban J connectivity index is 1.82. The summed E-state index contributed by atoms with van der Waals surface area (Å²) in [6.07, 6.45) is 0.571. The first-order valence-corrected chi connectivity index (χ1v) is 6.93. The highest BCUT2D eigenvalue weighted by atomic mass is 16.5. The van der Waals surface area contributed by atoms with E-state index in [4.69, 9.17) is 5.11 Å². The van der Waals surface area contributed by atoms with Gasteiger partial charge >= 0.3 is 12.1 Å². The third-order valence-corrected chi connectivity index (χ3v) is 3.56. The Bertz CT molecular complexity index is 501. The number of carbonyl (C=O) groups is 2. The van der Waals surface area contributed by atoms with Gasteiger partial charge in [-0.05, 0) is 17.5 Å². The lowest BCUT2D eigenvalue weighted by Crippen LogP contribution is -2.36. The number of aliphatic carboxylic acids is 1. The van der Waals surface area contributed by atoms with Gasteiger partial charge in [-0.25, -0.2) is 4.79 Å². The summed E-state index contributed by atoms with van der Waals surface area (Å²) < 4.78 is 4.59. The Morgan fingerprint density at radius 2 is 2.00 bits per heavy atom. The van der Waals surface area contributed by atoms with E-state index in [2.05, 4.69) is 15.0 Å². The molecule has 0 aliphatic carbocycles. The average Bonchev–Trinajstić information content (AvgIpc) is 2.87. The topological polar surface area (TPSA) is 78.9 Å². The predicted molar refractivity (Wildman–Crippen MR) is 77.0 cm³/mol. The zero-order valence-electron chi connectivity index (χ0n) is 12.0. The fourth-order valence-corrected chi connectivity index (χ4v) is 2.52. The highest BCUT2D eigenvalue weighted by Gasteiger charge is 2.23. The van der Waals surface area contributed by atoms with Crippen molar-refractivity contribution in [2.45, 2.75) is 25.4 Å². The van der Waals surface area contributed by atoms with Crippen LogP contribution in [0.15, 0.2) is 24.3 Å². The minimum absolute atomic E-state index is 0.0507. The molecular formula is C15H20N2O4. The molecule has 1 unspecified atom stereocenters. The molecule has 1 atom stereocenters. The summed E-state index contributed by atoms with van der Waals surface area (Å²) in [5, 5.41) is 11.5. The van der Waals surface area contributed by atoms with Gasteiger partial charge in [0.05, 0.1) is 13.5 Å². The molecule has 0 radical (unpaired) electrons. The molecule has 0 bridgehead atoms. The number of methoxy groups -OCH3 is 1. The lowest BCUT2D eigenvalue weighted by atomic mass is 10.1. The molecule has 1 aromatic rings. The van der Waals surface area contributed by atoms with Gasteiger partial charge < -0.3 is 15.2 Å². The van der Waals surface area contributed by atoms with Gasteiger partial charge in [0.15, 0.2) is 0 Å². The molecule has 2 N–H and O–H groups in total. The third kappa shape index (κ3) is 4.75. The first-order chi connectivity index (χ1) is 10.1. The Morgan fingerprint density at radius 3 is 2.62 bits per heavy atom. The standard InChI is InChI=1S/C15H20N2O4/c1-21-15(20)16-13-6-7-17(10-13)9-12-4-2-11(3-5-12)8-14(18)19/h2-5,13H,6-10H2,1H3,(H,16,20)(H,18,19). The van der Waals surface area contributed by atoms with Crippen LogP contribution in [0.3, 0.4) is 0 Å².